The maximum absolute atomic E-state index is 11.2. The molecule has 0 bridgehead atoms. The molecular formula is C11H12N2O4. The Kier molecular flexibility index (Phi) is 2.97. The number of nitrogens with zero attached hydrogens (tertiary/aromatic N) is 2. The third kappa shape index (κ3) is 1.83. The van der Waals surface area contributed by atoms with Crippen molar-refractivity contribution in [1.82, 2.24) is 9.38 Å². The number of rotatable bonds is 4. The largest absolute Gasteiger partial charge is 0.493 e. The SMILES string of the molecule is COCc1nc2c(OC)cccn2c1C(=O)O. The first-order chi connectivity index (χ1) is 8.19. The molecule has 0 aromatic carbocycles. The molecule has 2 rings (SSSR count). The van der Waals surface area contributed by atoms with Crippen molar-refractivity contribution in [3.8, 4) is 5.75 Å². The van der Waals surface area contributed by atoms with Crippen molar-refractivity contribution in [2.45, 2.75) is 6.61 Å². The monoisotopic (exact) mass is 236 g/mol. The smallest absolute Gasteiger partial charge is 0.354 e. The van der Waals surface area contributed by atoms with Crippen molar-refractivity contribution in [1.29, 1.82) is 0 Å². The minimum Gasteiger partial charge on any atom is -0.493 e. The lowest BCUT2D eigenvalue weighted by molar-refractivity contribution is 0.0683. The number of carbonyl (C=O) groups is 1. The minimum atomic E-state index is -1.04. The van der Waals surface area contributed by atoms with Gasteiger partial charge in [-0.25, -0.2) is 9.78 Å². The number of imidazole rings is 1. The Labute approximate surface area is 97.4 Å². The lowest BCUT2D eigenvalue weighted by atomic mass is 10.3. The average molecular weight is 236 g/mol. The predicted octanol–water partition coefficient (Wildman–Crippen LogP) is 1.19. The molecule has 0 aliphatic carbocycles. The van der Waals surface area contributed by atoms with Gasteiger partial charge in [-0.05, 0) is 12.1 Å². The maximum atomic E-state index is 11.2. The number of fused-ring (bicyclic) bond motifs is 1. The summed E-state index contributed by atoms with van der Waals surface area (Å²) in [4.78, 5) is 15.4. The molecule has 0 fully saturated rings. The molecule has 0 aliphatic rings. The highest BCUT2D eigenvalue weighted by Gasteiger charge is 2.19. The molecule has 2 aromatic heterocycles. The van der Waals surface area contributed by atoms with Gasteiger partial charge in [0.25, 0.3) is 0 Å². The number of aromatic nitrogens is 2. The van der Waals surface area contributed by atoms with E-state index in [-0.39, 0.29) is 12.3 Å². The van der Waals surface area contributed by atoms with Crippen molar-refractivity contribution < 1.29 is 19.4 Å². The van der Waals surface area contributed by atoms with Crippen LogP contribution in [-0.2, 0) is 11.3 Å². The topological polar surface area (TPSA) is 73.1 Å². The Bertz CT molecular complexity index is 562. The van der Waals surface area contributed by atoms with Crippen molar-refractivity contribution in [3.63, 3.8) is 0 Å². The van der Waals surface area contributed by atoms with Crippen LogP contribution in [0.4, 0.5) is 0 Å². The van der Waals surface area contributed by atoms with Crippen LogP contribution in [0.2, 0.25) is 0 Å². The van der Waals surface area contributed by atoms with E-state index in [1.165, 1.54) is 18.6 Å². The molecule has 90 valence electrons. The fourth-order valence-electron chi connectivity index (χ4n) is 1.71. The molecule has 0 radical (unpaired) electrons. The second kappa shape index (κ2) is 4.42. The molecule has 0 saturated heterocycles. The van der Waals surface area contributed by atoms with Gasteiger partial charge in [0.1, 0.15) is 5.69 Å². The van der Waals surface area contributed by atoms with Crippen molar-refractivity contribution in [3.05, 3.63) is 29.7 Å². The zero-order valence-corrected chi connectivity index (χ0v) is 9.51. The highest BCUT2D eigenvalue weighted by molar-refractivity contribution is 5.88. The summed E-state index contributed by atoms with van der Waals surface area (Å²) in [6.45, 7) is 0.145. The van der Waals surface area contributed by atoms with E-state index in [4.69, 9.17) is 9.47 Å². The molecule has 2 aromatic rings. The number of ether oxygens (including phenoxy) is 2. The molecule has 0 saturated carbocycles. The van der Waals surface area contributed by atoms with Crippen LogP contribution in [0.3, 0.4) is 0 Å². The third-order valence-corrected chi connectivity index (χ3v) is 2.39. The van der Waals surface area contributed by atoms with Crippen LogP contribution in [0.15, 0.2) is 18.3 Å². The molecule has 6 heteroatoms. The van der Waals surface area contributed by atoms with Crippen molar-refractivity contribution in [2.75, 3.05) is 14.2 Å². The Morgan fingerprint density at radius 3 is 2.88 bits per heavy atom. The summed E-state index contributed by atoms with van der Waals surface area (Å²) in [7, 11) is 3.01. The van der Waals surface area contributed by atoms with Crippen LogP contribution in [-0.4, -0.2) is 34.7 Å². The van der Waals surface area contributed by atoms with E-state index in [0.717, 1.165) is 0 Å². The summed E-state index contributed by atoms with van der Waals surface area (Å²) < 4.78 is 11.6. The normalized spacial score (nSPS) is 10.7. The Morgan fingerprint density at radius 2 is 2.29 bits per heavy atom. The second-order valence-electron chi connectivity index (χ2n) is 3.42. The van der Waals surface area contributed by atoms with Crippen LogP contribution in [0, 0.1) is 0 Å². The molecule has 0 amide bonds. The zero-order chi connectivity index (χ0) is 12.4. The van der Waals surface area contributed by atoms with Crippen LogP contribution in [0.1, 0.15) is 16.2 Å². The predicted molar refractivity (Wildman–Crippen MR) is 59.4 cm³/mol. The first kappa shape index (κ1) is 11.4. The van der Waals surface area contributed by atoms with Gasteiger partial charge in [-0.2, -0.15) is 0 Å². The fraction of sp³-hybridized carbons (Fsp3) is 0.273. The number of carboxylic acid groups (broad SMARTS) is 1. The van der Waals surface area contributed by atoms with Crippen LogP contribution in [0.5, 0.6) is 5.75 Å². The first-order valence-corrected chi connectivity index (χ1v) is 4.95. The number of aromatic carboxylic acids is 1. The van der Waals surface area contributed by atoms with Gasteiger partial charge >= 0.3 is 5.97 Å². The van der Waals surface area contributed by atoms with Gasteiger partial charge in [-0.1, -0.05) is 0 Å². The summed E-state index contributed by atoms with van der Waals surface area (Å²) in [5, 5.41) is 9.19. The summed E-state index contributed by atoms with van der Waals surface area (Å²) >= 11 is 0. The molecule has 0 aliphatic heterocycles. The summed E-state index contributed by atoms with van der Waals surface area (Å²) in [5.74, 6) is -0.518. The molecule has 17 heavy (non-hydrogen) atoms. The molecule has 0 unspecified atom stereocenters. The molecule has 2 heterocycles. The van der Waals surface area contributed by atoms with E-state index < -0.39 is 5.97 Å². The van der Waals surface area contributed by atoms with E-state index in [1.54, 1.807) is 18.3 Å². The molecule has 0 atom stereocenters. The van der Waals surface area contributed by atoms with Gasteiger partial charge in [0.2, 0.25) is 0 Å². The van der Waals surface area contributed by atoms with Crippen molar-refractivity contribution in [2.24, 2.45) is 0 Å². The van der Waals surface area contributed by atoms with Gasteiger partial charge in [0, 0.05) is 13.3 Å². The van der Waals surface area contributed by atoms with Gasteiger partial charge in [-0.3, -0.25) is 4.40 Å². The maximum Gasteiger partial charge on any atom is 0.354 e. The van der Waals surface area contributed by atoms with Crippen LogP contribution < -0.4 is 4.74 Å². The van der Waals surface area contributed by atoms with Crippen LogP contribution >= 0.6 is 0 Å². The quantitative estimate of drug-likeness (QED) is 0.863. The molecule has 1 N–H and O–H groups in total. The standard InChI is InChI=1S/C11H12N2O4/c1-16-6-7-9(11(14)15)13-5-3-4-8(17-2)10(13)12-7/h3-5H,6H2,1-2H3,(H,14,15). The highest BCUT2D eigenvalue weighted by atomic mass is 16.5. The fourth-order valence-corrected chi connectivity index (χ4v) is 1.71. The van der Waals surface area contributed by atoms with E-state index in [0.29, 0.717) is 17.1 Å². The Morgan fingerprint density at radius 1 is 1.53 bits per heavy atom. The number of carboxylic acids is 1. The van der Waals surface area contributed by atoms with Gasteiger partial charge in [0.05, 0.1) is 13.7 Å². The lowest BCUT2D eigenvalue weighted by Gasteiger charge is -2.01. The van der Waals surface area contributed by atoms with Crippen molar-refractivity contribution >= 4 is 11.6 Å². The van der Waals surface area contributed by atoms with E-state index in [9.17, 15) is 9.90 Å². The molecular weight excluding hydrogens is 224 g/mol. The number of methoxy groups -OCH3 is 2. The zero-order valence-electron chi connectivity index (χ0n) is 9.51. The van der Waals surface area contributed by atoms with Crippen LogP contribution in [0.25, 0.3) is 5.65 Å². The Hall–Kier alpha value is -2.08. The number of hydrogen-bond acceptors (Lipinski definition) is 4. The van der Waals surface area contributed by atoms with E-state index >= 15 is 0 Å². The summed E-state index contributed by atoms with van der Waals surface area (Å²) in [6, 6.07) is 3.43. The highest BCUT2D eigenvalue weighted by Crippen LogP contribution is 2.22. The number of pyridine rings is 1. The molecule has 0 spiro atoms. The number of hydrogen-bond donors (Lipinski definition) is 1. The molecule has 6 nitrogen and oxygen atoms in total. The Balaban J connectivity index is 2.74. The minimum absolute atomic E-state index is 0.0979. The summed E-state index contributed by atoms with van der Waals surface area (Å²) in [6.07, 6.45) is 1.63. The average Bonchev–Trinajstić information content (AvgIpc) is 2.67. The second-order valence-corrected chi connectivity index (χ2v) is 3.42. The lowest BCUT2D eigenvalue weighted by Crippen LogP contribution is -2.06. The van der Waals surface area contributed by atoms with E-state index in [2.05, 4.69) is 4.98 Å². The first-order valence-electron chi connectivity index (χ1n) is 4.95. The van der Waals surface area contributed by atoms with Gasteiger partial charge in [-0.15, -0.1) is 0 Å². The van der Waals surface area contributed by atoms with E-state index in [1.807, 2.05) is 0 Å². The summed E-state index contributed by atoms with van der Waals surface area (Å²) in [5.41, 5.74) is 0.949. The van der Waals surface area contributed by atoms with Gasteiger partial charge in [0.15, 0.2) is 17.1 Å². The van der Waals surface area contributed by atoms with Gasteiger partial charge < -0.3 is 14.6 Å². The third-order valence-electron chi connectivity index (χ3n) is 2.39.